The molecule has 0 spiro atoms. The minimum Gasteiger partial charge on any atom is -0.376 e. The zero-order valence-corrected chi connectivity index (χ0v) is 18.2. The highest BCUT2D eigenvalue weighted by atomic mass is 35.5. The molecule has 0 saturated carbocycles. The Morgan fingerprint density at radius 1 is 0.933 bits per heavy atom. The molecule has 0 radical (unpaired) electrons. The monoisotopic (exact) mass is 430 g/mol. The van der Waals surface area contributed by atoms with E-state index in [1.165, 1.54) is 4.90 Å². The highest BCUT2D eigenvalue weighted by molar-refractivity contribution is 6.33. The fraction of sp³-hybridized carbons (Fsp3) is 0.318. The largest absolute Gasteiger partial charge is 0.376 e. The molecule has 7 nitrogen and oxygen atoms in total. The van der Waals surface area contributed by atoms with Crippen molar-refractivity contribution in [3.63, 3.8) is 0 Å². The maximum absolute atomic E-state index is 12.4. The van der Waals surface area contributed by atoms with Gasteiger partial charge in [-0.2, -0.15) is 0 Å². The van der Waals surface area contributed by atoms with Gasteiger partial charge in [0.2, 0.25) is 17.7 Å². The number of amides is 3. The summed E-state index contributed by atoms with van der Waals surface area (Å²) >= 11 is 6.03. The highest BCUT2D eigenvalue weighted by Gasteiger charge is 2.15. The van der Waals surface area contributed by atoms with Crippen LogP contribution in [-0.4, -0.2) is 42.8 Å². The van der Waals surface area contributed by atoms with Gasteiger partial charge in [-0.3, -0.25) is 14.4 Å². The fourth-order valence-electron chi connectivity index (χ4n) is 2.76. The van der Waals surface area contributed by atoms with E-state index in [1.54, 1.807) is 31.3 Å². The van der Waals surface area contributed by atoms with Gasteiger partial charge in [0.1, 0.15) is 0 Å². The molecule has 0 aliphatic heterocycles. The van der Waals surface area contributed by atoms with Crippen LogP contribution in [0.5, 0.6) is 0 Å². The number of hydrogen-bond donors (Lipinski definition) is 3. The van der Waals surface area contributed by atoms with Gasteiger partial charge in [0.25, 0.3) is 0 Å². The Bertz CT molecular complexity index is 917. The summed E-state index contributed by atoms with van der Waals surface area (Å²) in [5.74, 6) is -0.627. The van der Waals surface area contributed by atoms with Gasteiger partial charge in [-0.25, -0.2) is 0 Å². The first-order valence-corrected chi connectivity index (χ1v) is 10.1. The van der Waals surface area contributed by atoms with Crippen LogP contribution in [0.15, 0.2) is 42.5 Å². The zero-order valence-electron chi connectivity index (χ0n) is 17.4. The van der Waals surface area contributed by atoms with Crippen LogP contribution < -0.4 is 16.0 Å². The van der Waals surface area contributed by atoms with Gasteiger partial charge < -0.3 is 20.9 Å². The molecule has 0 aromatic heterocycles. The Balaban J connectivity index is 1.89. The lowest BCUT2D eigenvalue weighted by atomic mass is 10.1. The number of hydrogen-bond acceptors (Lipinski definition) is 4. The molecule has 0 aliphatic rings. The van der Waals surface area contributed by atoms with Crippen LogP contribution in [0.25, 0.3) is 0 Å². The Morgan fingerprint density at radius 3 is 2.27 bits per heavy atom. The minimum absolute atomic E-state index is 0.0169. The first-order valence-electron chi connectivity index (χ1n) is 9.73. The number of benzene rings is 2. The van der Waals surface area contributed by atoms with Gasteiger partial charge in [0.15, 0.2) is 0 Å². The number of nitrogens with zero attached hydrogens (tertiary/aromatic N) is 1. The molecule has 0 saturated heterocycles. The van der Waals surface area contributed by atoms with Gasteiger partial charge in [0, 0.05) is 24.8 Å². The molecule has 30 heavy (non-hydrogen) atoms. The Labute approximate surface area is 181 Å². The summed E-state index contributed by atoms with van der Waals surface area (Å²) in [6.07, 6.45) is 1.23. The first kappa shape index (κ1) is 23.2. The SMILES string of the molecule is CCCC(=O)Nc1cccc(NCC(=O)N(C)CC(=O)Nc2ccccc2Cl)c1C. The summed E-state index contributed by atoms with van der Waals surface area (Å²) in [7, 11) is 1.56. The van der Waals surface area contributed by atoms with E-state index >= 15 is 0 Å². The van der Waals surface area contributed by atoms with Gasteiger partial charge in [-0.05, 0) is 43.2 Å². The van der Waals surface area contributed by atoms with Crippen molar-refractivity contribution >= 4 is 46.4 Å². The number of halogens is 1. The molecule has 8 heteroatoms. The average molecular weight is 431 g/mol. The molecular formula is C22H27ClN4O3. The summed E-state index contributed by atoms with van der Waals surface area (Å²) < 4.78 is 0. The van der Waals surface area contributed by atoms with Crippen molar-refractivity contribution in [3.05, 3.63) is 53.1 Å². The third-order valence-corrected chi connectivity index (χ3v) is 4.80. The molecule has 0 aliphatic carbocycles. The molecule has 0 unspecified atom stereocenters. The standard InChI is InChI=1S/C22H27ClN4O3/c1-4-8-20(28)25-18-12-7-11-17(15(18)2)24-13-22(30)27(3)14-21(29)26-19-10-6-5-9-16(19)23/h5-7,9-12,24H,4,8,13-14H2,1-3H3,(H,25,28)(H,26,29). The molecule has 160 valence electrons. The summed E-state index contributed by atoms with van der Waals surface area (Å²) in [6.45, 7) is 3.73. The normalized spacial score (nSPS) is 10.3. The van der Waals surface area contributed by atoms with E-state index in [4.69, 9.17) is 11.6 Å². The lowest BCUT2D eigenvalue weighted by Gasteiger charge is -2.19. The van der Waals surface area contributed by atoms with Crippen molar-refractivity contribution in [2.24, 2.45) is 0 Å². The summed E-state index contributed by atoms with van der Waals surface area (Å²) in [4.78, 5) is 37.8. The van der Waals surface area contributed by atoms with E-state index in [0.29, 0.717) is 22.8 Å². The van der Waals surface area contributed by atoms with Crippen LogP contribution in [0.2, 0.25) is 5.02 Å². The number of para-hydroxylation sites is 1. The van der Waals surface area contributed by atoms with E-state index in [9.17, 15) is 14.4 Å². The van der Waals surface area contributed by atoms with Crippen LogP contribution in [-0.2, 0) is 14.4 Å². The summed E-state index contributed by atoms with van der Waals surface area (Å²) in [6, 6.07) is 12.4. The maximum Gasteiger partial charge on any atom is 0.244 e. The molecule has 0 bridgehead atoms. The molecule has 2 rings (SSSR count). The van der Waals surface area contributed by atoms with Crippen molar-refractivity contribution in [3.8, 4) is 0 Å². The summed E-state index contributed by atoms with van der Waals surface area (Å²) in [5, 5.41) is 9.08. The van der Waals surface area contributed by atoms with Crippen LogP contribution in [0, 0.1) is 6.92 Å². The smallest absolute Gasteiger partial charge is 0.244 e. The predicted molar refractivity (Wildman–Crippen MR) is 121 cm³/mol. The third-order valence-electron chi connectivity index (χ3n) is 4.47. The molecule has 3 N–H and O–H groups in total. The third kappa shape index (κ3) is 6.77. The van der Waals surface area contributed by atoms with Crippen LogP contribution in [0.1, 0.15) is 25.3 Å². The molecule has 0 atom stereocenters. The Hall–Kier alpha value is -3.06. The Kier molecular flexibility index (Phi) is 8.68. The van der Waals surface area contributed by atoms with Gasteiger partial charge >= 0.3 is 0 Å². The summed E-state index contributed by atoms with van der Waals surface area (Å²) in [5.41, 5.74) is 2.79. The van der Waals surface area contributed by atoms with Crippen LogP contribution in [0.3, 0.4) is 0 Å². The van der Waals surface area contributed by atoms with Gasteiger partial charge in [0.05, 0.1) is 23.8 Å². The quantitative estimate of drug-likeness (QED) is 0.562. The molecule has 0 heterocycles. The van der Waals surface area contributed by atoms with Crippen molar-refractivity contribution in [1.29, 1.82) is 0 Å². The van der Waals surface area contributed by atoms with Crippen molar-refractivity contribution in [1.82, 2.24) is 4.90 Å². The van der Waals surface area contributed by atoms with Gasteiger partial charge in [-0.15, -0.1) is 0 Å². The molecular weight excluding hydrogens is 404 g/mol. The highest BCUT2D eigenvalue weighted by Crippen LogP contribution is 2.23. The van der Waals surface area contributed by atoms with Gasteiger partial charge in [-0.1, -0.05) is 36.7 Å². The predicted octanol–water partition coefficient (Wildman–Crippen LogP) is 3.90. The van der Waals surface area contributed by atoms with Crippen molar-refractivity contribution in [2.75, 3.05) is 36.1 Å². The topological polar surface area (TPSA) is 90.5 Å². The van der Waals surface area contributed by atoms with E-state index in [-0.39, 0.29) is 30.8 Å². The number of anilines is 3. The van der Waals surface area contributed by atoms with Crippen LogP contribution >= 0.6 is 11.6 Å². The lowest BCUT2D eigenvalue weighted by Crippen LogP contribution is -2.38. The Morgan fingerprint density at radius 2 is 1.57 bits per heavy atom. The number of likely N-dealkylation sites (N-methyl/N-ethyl adjacent to an activating group) is 1. The maximum atomic E-state index is 12.4. The van der Waals surface area contributed by atoms with Crippen LogP contribution in [0.4, 0.5) is 17.1 Å². The molecule has 2 aromatic carbocycles. The minimum atomic E-state index is -0.337. The molecule has 3 amide bonds. The van der Waals surface area contributed by atoms with E-state index in [2.05, 4.69) is 16.0 Å². The second-order valence-electron chi connectivity index (χ2n) is 6.91. The first-order chi connectivity index (χ1) is 14.3. The molecule has 0 fully saturated rings. The number of carbonyl (C=O) groups excluding carboxylic acids is 3. The van der Waals surface area contributed by atoms with E-state index in [1.807, 2.05) is 32.0 Å². The second-order valence-corrected chi connectivity index (χ2v) is 7.31. The van der Waals surface area contributed by atoms with Crippen molar-refractivity contribution in [2.45, 2.75) is 26.7 Å². The zero-order chi connectivity index (χ0) is 22.1. The van der Waals surface area contributed by atoms with E-state index in [0.717, 1.165) is 17.7 Å². The average Bonchev–Trinajstić information content (AvgIpc) is 2.70. The lowest BCUT2D eigenvalue weighted by molar-refractivity contribution is -0.131. The van der Waals surface area contributed by atoms with Crippen molar-refractivity contribution < 1.29 is 14.4 Å². The molecule has 2 aromatic rings. The van der Waals surface area contributed by atoms with E-state index < -0.39 is 0 Å². The number of rotatable bonds is 9. The fourth-order valence-corrected chi connectivity index (χ4v) is 2.95. The number of nitrogens with one attached hydrogen (secondary N) is 3. The number of carbonyl (C=O) groups is 3. The second kappa shape index (κ2) is 11.2.